The monoisotopic (exact) mass is 541 g/mol. The Labute approximate surface area is 233 Å². The van der Waals surface area contributed by atoms with E-state index in [2.05, 4.69) is 21.8 Å². The zero-order valence-electron chi connectivity index (χ0n) is 23.0. The number of methoxy groups -OCH3 is 1. The second-order valence-corrected chi connectivity index (χ2v) is 10.1. The molecule has 4 aromatic rings. The van der Waals surface area contributed by atoms with Gasteiger partial charge in [0.25, 0.3) is 0 Å². The number of aromatic amines is 1. The van der Waals surface area contributed by atoms with E-state index in [1.807, 2.05) is 66.5 Å². The molecule has 1 fully saturated rings. The number of benzene rings is 3. The highest BCUT2D eigenvalue weighted by molar-refractivity contribution is 6.22. The summed E-state index contributed by atoms with van der Waals surface area (Å²) >= 11 is 0. The molecule has 1 unspecified atom stereocenters. The molecule has 0 bridgehead atoms. The van der Waals surface area contributed by atoms with E-state index >= 15 is 0 Å². The van der Waals surface area contributed by atoms with Crippen molar-refractivity contribution in [1.29, 1.82) is 0 Å². The molecule has 0 saturated carbocycles. The summed E-state index contributed by atoms with van der Waals surface area (Å²) in [6.07, 6.45) is -0.629. The number of aromatic hydroxyl groups is 1. The average Bonchev–Trinajstić information content (AvgIpc) is 3.31. The summed E-state index contributed by atoms with van der Waals surface area (Å²) in [5.41, 5.74) is 4.53. The molecule has 3 N–H and O–H groups in total. The first kappa shape index (κ1) is 27.4. The zero-order valence-corrected chi connectivity index (χ0v) is 23.0. The number of piperazine rings is 1. The molecule has 208 valence electrons. The molecular formula is C31H35N5O4. The van der Waals surface area contributed by atoms with Crippen molar-refractivity contribution in [3.63, 3.8) is 0 Å². The summed E-state index contributed by atoms with van der Waals surface area (Å²) in [7, 11) is 5.34. The van der Waals surface area contributed by atoms with Crippen molar-refractivity contribution in [3.05, 3.63) is 89.5 Å². The lowest BCUT2D eigenvalue weighted by Crippen LogP contribution is -2.50. The number of hydrogen-bond acceptors (Lipinski definition) is 8. The second kappa shape index (κ2) is 11.9. The highest BCUT2D eigenvalue weighted by Gasteiger charge is 2.21. The first-order valence-corrected chi connectivity index (χ1v) is 13.3. The standard InChI is InChI=1S/C31H35N5O4/c1-34-15-17-36(18-16-34)20-27(37)35(2)24-12-10-23(11-13-24)32-29(21-7-5-4-6-8-21)28-25-14-9-22(31(39)40-3)19-26(25)33-30(28)38/h4-14,19,27,33,37-38H,15-18,20H2,1-3H3. The third-order valence-corrected chi connectivity index (χ3v) is 7.45. The molecular weight excluding hydrogens is 506 g/mol. The minimum Gasteiger partial charge on any atom is -0.494 e. The highest BCUT2D eigenvalue weighted by Crippen LogP contribution is 2.32. The minimum atomic E-state index is -0.629. The van der Waals surface area contributed by atoms with Crippen LogP contribution in [0.2, 0.25) is 0 Å². The van der Waals surface area contributed by atoms with Crippen molar-refractivity contribution >= 4 is 34.0 Å². The van der Waals surface area contributed by atoms with E-state index in [9.17, 15) is 15.0 Å². The molecule has 9 nitrogen and oxygen atoms in total. The molecule has 1 atom stereocenters. The summed E-state index contributed by atoms with van der Waals surface area (Å²) < 4.78 is 4.84. The molecule has 1 aliphatic heterocycles. The van der Waals surface area contributed by atoms with E-state index in [1.165, 1.54) is 7.11 Å². The van der Waals surface area contributed by atoms with E-state index in [0.717, 1.165) is 42.8 Å². The molecule has 1 aliphatic rings. The Morgan fingerprint density at radius 3 is 2.40 bits per heavy atom. The van der Waals surface area contributed by atoms with Crippen LogP contribution in [0.25, 0.3) is 10.9 Å². The molecule has 40 heavy (non-hydrogen) atoms. The summed E-state index contributed by atoms with van der Waals surface area (Å²) in [6.45, 7) is 4.49. The van der Waals surface area contributed by atoms with Crippen LogP contribution in [0.3, 0.4) is 0 Å². The molecule has 0 amide bonds. The Bertz CT molecular complexity index is 1490. The number of ether oxygens (including phenoxy) is 1. The van der Waals surface area contributed by atoms with E-state index in [1.54, 1.807) is 18.2 Å². The Morgan fingerprint density at radius 1 is 1.02 bits per heavy atom. The van der Waals surface area contributed by atoms with Gasteiger partial charge in [0.1, 0.15) is 6.23 Å². The number of aliphatic imine (C=N–C) groups is 1. The number of likely N-dealkylation sites (N-methyl/N-ethyl adjacent to an activating group) is 2. The van der Waals surface area contributed by atoms with Crippen LogP contribution in [0.15, 0.2) is 77.8 Å². The number of carbonyl (C=O) groups is 1. The first-order valence-electron chi connectivity index (χ1n) is 13.3. The van der Waals surface area contributed by atoms with Crippen molar-refractivity contribution in [2.45, 2.75) is 6.23 Å². The lowest BCUT2D eigenvalue weighted by Gasteiger charge is -2.36. The van der Waals surface area contributed by atoms with Gasteiger partial charge in [0, 0.05) is 61.9 Å². The average molecular weight is 542 g/mol. The predicted octanol–water partition coefficient (Wildman–Crippen LogP) is 3.83. The van der Waals surface area contributed by atoms with Gasteiger partial charge < -0.3 is 29.7 Å². The quantitative estimate of drug-likeness (QED) is 0.177. The summed E-state index contributed by atoms with van der Waals surface area (Å²) in [4.78, 5) is 26.4. The topological polar surface area (TPSA) is 105 Å². The van der Waals surface area contributed by atoms with Crippen LogP contribution in [0.4, 0.5) is 11.4 Å². The van der Waals surface area contributed by atoms with Crippen LogP contribution in [0.1, 0.15) is 21.5 Å². The maximum absolute atomic E-state index is 12.0. The highest BCUT2D eigenvalue weighted by atomic mass is 16.5. The third-order valence-electron chi connectivity index (χ3n) is 7.45. The number of anilines is 1. The Hall–Kier alpha value is -4.18. The maximum atomic E-state index is 12.0. The number of fused-ring (bicyclic) bond motifs is 1. The molecule has 1 aromatic heterocycles. The van der Waals surface area contributed by atoms with Crippen molar-refractivity contribution in [2.24, 2.45) is 4.99 Å². The molecule has 1 saturated heterocycles. The van der Waals surface area contributed by atoms with Crippen LogP contribution >= 0.6 is 0 Å². The SMILES string of the molecule is COC(=O)c1ccc2c(C(=Nc3ccc(N(C)C(O)CN4CCN(C)CC4)cc3)c3ccccc3)c(O)[nH]c2c1. The van der Waals surface area contributed by atoms with Gasteiger partial charge in [-0.1, -0.05) is 36.4 Å². The van der Waals surface area contributed by atoms with Gasteiger partial charge in [-0.3, -0.25) is 4.90 Å². The number of H-pyrrole nitrogens is 1. The van der Waals surface area contributed by atoms with Crippen molar-refractivity contribution in [2.75, 3.05) is 58.8 Å². The van der Waals surface area contributed by atoms with Gasteiger partial charge in [-0.25, -0.2) is 9.79 Å². The first-order chi connectivity index (χ1) is 19.3. The number of aromatic nitrogens is 1. The van der Waals surface area contributed by atoms with E-state index in [0.29, 0.717) is 34.6 Å². The number of hydrogen-bond donors (Lipinski definition) is 3. The molecule has 3 aromatic carbocycles. The van der Waals surface area contributed by atoms with Crippen LogP contribution in [-0.2, 0) is 4.74 Å². The third kappa shape index (κ3) is 5.86. The Balaban J connectivity index is 1.44. The van der Waals surface area contributed by atoms with Gasteiger partial charge in [-0.15, -0.1) is 0 Å². The summed E-state index contributed by atoms with van der Waals surface area (Å²) in [6, 6.07) is 22.4. The largest absolute Gasteiger partial charge is 0.494 e. The van der Waals surface area contributed by atoms with Gasteiger partial charge in [0.05, 0.1) is 29.6 Å². The molecule has 0 spiro atoms. The number of esters is 1. The fourth-order valence-electron chi connectivity index (χ4n) is 4.98. The molecule has 2 heterocycles. The van der Waals surface area contributed by atoms with Crippen LogP contribution in [-0.4, -0.2) is 96.8 Å². The molecule has 0 radical (unpaired) electrons. The van der Waals surface area contributed by atoms with Crippen LogP contribution < -0.4 is 4.90 Å². The van der Waals surface area contributed by atoms with Gasteiger partial charge in [0.15, 0.2) is 5.88 Å². The van der Waals surface area contributed by atoms with Crippen molar-refractivity contribution in [3.8, 4) is 5.88 Å². The van der Waals surface area contributed by atoms with Crippen molar-refractivity contribution in [1.82, 2.24) is 14.8 Å². The lowest BCUT2D eigenvalue weighted by molar-refractivity contribution is 0.0601. The number of aliphatic hydroxyl groups excluding tert-OH is 1. The van der Waals surface area contributed by atoms with E-state index in [-0.39, 0.29) is 5.88 Å². The number of nitrogens with one attached hydrogen (secondary N) is 1. The normalized spacial score (nSPS) is 15.8. The van der Waals surface area contributed by atoms with Crippen LogP contribution in [0.5, 0.6) is 5.88 Å². The fraction of sp³-hybridized carbons (Fsp3) is 0.290. The van der Waals surface area contributed by atoms with Gasteiger partial charge in [-0.05, 0) is 43.4 Å². The van der Waals surface area contributed by atoms with Crippen LogP contribution in [0, 0.1) is 0 Å². The number of rotatable bonds is 8. The molecule has 0 aliphatic carbocycles. The smallest absolute Gasteiger partial charge is 0.337 e. The number of aliphatic hydroxyl groups is 1. The minimum absolute atomic E-state index is 0.0389. The Kier molecular flexibility index (Phi) is 8.16. The van der Waals surface area contributed by atoms with Gasteiger partial charge >= 0.3 is 5.97 Å². The summed E-state index contributed by atoms with van der Waals surface area (Å²) in [5.74, 6) is -0.490. The maximum Gasteiger partial charge on any atom is 0.337 e. The Morgan fingerprint density at radius 2 is 1.73 bits per heavy atom. The summed E-state index contributed by atoms with van der Waals surface area (Å²) in [5, 5.41) is 22.6. The number of nitrogens with zero attached hydrogens (tertiary/aromatic N) is 4. The second-order valence-electron chi connectivity index (χ2n) is 10.1. The van der Waals surface area contributed by atoms with Gasteiger partial charge in [-0.2, -0.15) is 0 Å². The lowest BCUT2D eigenvalue weighted by atomic mass is 10.00. The fourth-order valence-corrected chi connectivity index (χ4v) is 4.98. The van der Waals surface area contributed by atoms with E-state index in [4.69, 9.17) is 9.73 Å². The van der Waals surface area contributed by atoms with Gasteiger partial charge in [0.2, 0.25) is 0 Å². The predicted molar refractivity (Wildman–Crippen MR) is 158 cm³/mol. The molecule has 5 rings (SSSR count). The molecule has 9 heteroatoms. The van der Waals surface area contributed by atoms with E-state index < -0.39 is 12.2 Å². The number of β-amino-alcohol motifs (C(OH)–C–C–N with tert-alkyl or cyclic N) is 1. The number of carbonyl (C=O) groups excluding carboxylic acids is 1. The zero-order chi connectivity index (χ0) is 28.2. The van der Waals surface area contributed by atoms with Crippen molar-refractivity contribution < 1.29 is 19.7 Å².